The topological polar surface area (TPSA) is 88.4 Å². The smallest absolute Gasteiger partial charge is 0.242 e. The summed E-state index contributed by atoms with van der Waals surface area (Å²) in [5.41, 5.74) is 0. The Hall–Kier alpha value is -1.19. The van der Waals surface area contributed by atoms with Crippen LogP contribution in [0.4, 0.5) is 0 Å². The highest BCUT2D eigenvalue weighted by molar-refractivity contribution is 7.98. The van der Waals surface area contributed by atoms with Gasteiger partial charge >= 0.3 is 0 Å². The molecule has 1 amide bonds. The number of halogens is 2. The minimum atomic E-state index is -4.01. The van der Waals surface area contributed by atoms with Gasteiger partial charge < -0.3 is 9.73 Å². The summed E-state index contributed by atoms with van der Waals surface area (Å²) in [5, 5.41) is 3.01. The molecule has 0 bridgehead atoms. The monoisotopic (exact) mass is 450 g/mol. The minimum Gasteiger partial charge on any atom is -0.469 e. The first-order chi connectivity index (χ1) is 12.8. The number of furan rings is 1. The maximum Gasteiger partial charge on any atom is 0.242 e. The first-order valence-electron chi connectivity index (χ1n) is 8.10. The summed E-state index contributed by atoms with van der Waals surface area (Å²) in [4.78, 5) is 12.3. The van der Waals surface area contributed by atoms with Crippen molar-refractivity contribution in [2.45, 2.75) is 23.8 Å². The van der Waals surface area contributed by atoms with E-state index >= 15 is 0 Å². The van der Waals surface area contributed by atoms with Crippen molar-refractivity contribution in [3.8, 4) is 0 Å². The first kappa shape index (κ1) is 22.1. The number of benzene rings is 1. The molecule has 2 rings (SSSR count). The number of thioether (sulfide) groups is 1. The van der Waals surface area contributed by atoms with Crippen LogP contribution in [-0.4, -0.2) is 38.9 Å². The van der Waals surface area contributed by atoms with Gasteiger partial charge in [-0.15, -0.1) is 0 Å². The number of rotatable bonds is 10. The van der Waals surface area contributed by atoms with Gasteiger partial charge in [-0.3, -0.25) is 4.79 Å². The molecule has 1 aromatic heterocycles. The first-order valence-corrected chi connectivity index (χ1v) is 11.7. The molecule has 0 radical (unpaired) electrons. The van der Waals surface area contributed by atoms with Crippen LogP contribution in [0.2, 0.25) is 10.0 Å². The van der Waals surface area contributed by atoms with E-state index < -0.39 is 22.0 Å². The Bertz CT molecular complexity index is 858. The molecule has 1 heterocycles. The molecule has 1 aromatic carbocycles. The molecular formula is C17H20Cl2N2O4S2. The predicted octanol–water partition coefficient (Wildman–Crippen LogP) is 3.35. The predicted molar refractivity (Wildman–Crippen MR) is 109 cm³/mol. The van der Waals surface area contributed by atoms with Crippen molar-refractivity contribution in [1.82, 2.24) is 10.0 Å². The lowest BCUT2D eigenvalue weighted by molar-refractivity contribution is -0.122. The summed E-state index contributed by atoms with van der Waals surface area (Å²) >= 11 is 13.4. The Kier molecular flexibility index (Phi) is 8.50. The van der Waals surface area contributed by atoms with Gasteiger partial charge in [0.25, 0.3) is 0 Å². The molecule has 6 nitrogen and oxygen atoms in total. The maximum absolute atomic E-state index is 12.7. The number of nitrogens with one attached hydrogen (secondary N) is 2. The highest BCUT2D eigenvalue weighted by Crippen LogP contribution is 2.25. The molecule has 0 fully saturated rings. The van der Waals surface area contributed by atoms with Crippen molar-refractivity contribution in [3.63, 3.8) is 0 Å². The molecule has 10 heteroatoms. The zero-order valence-electron chi connectivity index (χ0n) is 14.6. The lowest BCUT2D eigenvalue weighted by Gasteiger charge is -2.18. The van der Waals surface area contributed by atoms with Crippen molar-refractivity contribution in [3.05, 3.63) is 52.4 Å². The van der Waals surface area contributed by atoms with Crippen LogP contribution in [0.5, 0.6) is 0 Å². The van der Waals surface area contributed by atoms with Gasteiger partial charge in [0.2, 0.25) is 15.9 Å². The van der Waals surface area contributed by atoms with Gasteiger partial charge in [0.1, 0.15) is 16.7 Å². The van der Waals surface area contributed by atoms with E-state index in [-0.39, 0.29) is 14.9 Å². The third-order valence-corrected chi connectivity index (χ3v) is 6.49. The fraction of sp³-hybridized carbons (Fsp3) is 0.353. The molecule has 0 saturated heterocycles. The normalized spacial score (nSPS) is 12.7. The zero-order valence-corrected chi connectivity index (χ0v) is 17.7. The molecule has 2 aromatic rings. The fourth-order valence-corrected chi connectivity index (χ4v) is 4.76. The van der Waals surface area contributed by atoms with Crippen LogP contribution >= 0.6 is 35.0 Å². The van der Waals surface area contributed by atoms with Gasteiger partial charge in [0.15, 0.2) is 0 Å². The van der Waals surface area contributed by atoms with Gasteiger partial charge in [-0.25, -0.2) is 8.42 Å². The summed E-state index contributed by atoms with van der Waals surface area (Å²) in [6.45, 7) is 0.335. The molecule has 0 saturated carbocycles. The van der Waals surface area contributed by atoms with Crippen molar-refractivity contribution < 1.29 is 17.6 Å². The van der Waals surface area contributed by atoms with Gasteiger partial charge in [-0.2, -0.15) is 16.5 Å². The molecule has 1 unspecified atom stereocenters. The van der Waals surface area contributed by atoms with Crippen LogP contribution in [0, 0.1) is 0 Å². The van der Waals surface area contributed by atoms with Crippen LogP contribution in [0.3, 0.4) is 0 Å². The number of amides is 1. The quantitative estimate of drug-likeness (QED) is 0.579. The van der Waals surface area contributed by atoms with E-state index in [9.17, 15) is 13.2 Å². The van der Waals surface area contributed by atoms with E-state index in [4.69, 9.17) is 27.6 Å². The largest absolute Gasteiger partial charge is 0.469 e. The second-order valence-corrected chi connectivity index (χ2v) is 9.16. The van der Waals surface area contributed by atoms with Crippen LogP contribution in [-0.2, 0) is 21.2 Å². The zero-order chi connectivity index (χ0) is 19.9. The summed E-state index contributed by atoms with van der Waals surface area (Å²) < 4.78 is 33.0. The van der Waals surface area contributed by atoms with Crippen molar-refractivity contribution >= 4 is 50.9 Å². The van der Waals surface area contributed by atoms with E-state index in [0.717, 1.165) is 5.76 Å². The lowest BCUT2D eigenvalue weighted by atomic mass is 10.2. The maximum atomic E-state index is 12.7. The second kappa shape index (κ2) is 10.4. The average Bonchev–Trinajstić information content (AvgIpc) is 3.13. The van der Waals surface area contributed by atoms with Crippen molar-refractivity contribution in [1.29, 1.82) is 0 Å². The molecule has 0 aliphatic rings. The third kappa shape index (κ3) is 6.73. The molecular weight excluding hydrogens is 431 g/mol. The van der Waals surface area contributed by atoms with Gasteiger partial charge in [0.05, 0.1) is 11.3 Å². The molecule has 1 atom stereocenters. The van der Waals surface area contributed by atoms with Gasteiger partial charge in [0, 0.05) is 18.0 Å². The Morgan fingerprint density at radius 2 is 2.07 bits per heavy atom. The Labute approximate surface area is 173 Å². The Balaban J connectivity index is 2.07. The Morgan fingerprint density at radius 3 is 2.74 bits per heavy atom. The van der Waals surface area contributed by atoms with Crippen LogP contribution in [0.25, 0.3) is 0 Å². The lowest BCUT2D eigenvalue weighted by Crippen LogP contribution is -2.47. The minimum absolute atomic E-state index is 0.0359. The fourth-order valence-electron chi connectivity index (χ4n) is 2.30. The summed E-state index contributed by atoms with van der Waals surface area (Å²) in [6.07, 6.45) is 4.29. The van der Waals surface area contributed by atoms with E-state index in [0.29, 0.717) is 25.1 Å². The van der Waals surface area contributed by atoms with Crippen molar-refractivity contribution in [2.75, 3.05) is 18.6 Å². The standard InChI is InChI=1S/C17H20Cl2N2O4S2/c1-26-10-7-15(17(22)20-8-6-13-3-2-9-25-13)21-27(23,24)16-11-12(18)4-5-14(16)19/h2-5,9,11,15,21H,6-8,10H2,1H3,(H,20,22). The summed E-state index contributed by atoms with van der Waals surface area (Å²) in [7, 11) is -4.01. The third-order valence-electron chi connectivity index (χ3n) is 3.66. The van der Waals surface area contributed by atoms with Crippen LogP contribution in [0.1, 0.15) is 12.2 Å². The SMILES string of the molecule is CSCCC(NS(=O)(=O)c1cc(Cl)ccc1Cl)C(=O)NCCc1ccco1. The molecule has 2 N–H and O–H groups in total. The Morgan fingerprint density at radius 1 is 1.30 bits per heavy atom. The van der Waals surface area contributed by atoms with Crippen LogP contribution < -0.4 is 10.0 Å². The highest BCUT2D eigenvalue weighted by Gasteiger charge is 2.27. The molecule has 27 heavy (non-hydrogen) atoms. The number of carbonyl (C=O) groups is 1. The summed E-state index contributed by atoms with van der Waals surface area (Å²) in [6, 6.07) is 6.80. The number of hydrogen-bond donors (Lipinski definition) is 2. The van der Waals surface area contributed by atoms with Gasteiger partial charge in [-0.05, 0) is 48.8 Å². The van der Waals surface area contributed by atoms with E-state index in [2.05, 4.69) is 10.0 Å². The summed E-state index contributed by atoms with van der Waals surface area (Å²) in [5.74, 6) is 0.946. The van der Waals surface area contributed by atoms with Gasteiger partial charge in [-0.1, -0.05) is 23.2 Å². The highest BCUT2D eigenvalue weighted by atomic mass is 35.5. The number of carbonyl (C=O) groups excluding carboxylic acids is 1. The molecule has 0 spiro atoms. The molecule has 148 valence electrons. The van der Waals surface area contributed by atoms with Crippen LogP contribution in [0.15, 0.2) is 45.9 Å². The van der Waals surface area contributed by atoms with E-state index in [1.807, 2.05) is 6.26 Å². The van der Waals surface area contributed by atoms with Crippen molar-refractivity contribution in [2.24, 2.45) is 0 Å². The van der Waals surface area contributed by atoms with E-state index in [1.165, 1.54) is 30.0 Å². The molecule has 0 aliphatic heterocycles. The second-order valence-electron chi connectivity index (χ2n) is 5.65. The number of sulfonamides is 1. The number of hydrogen-bond acceptors (Lipinski definition) is 5. The van der Waals surface area contributed by atoms with E-state index in [1.54, 1.807) is 18.4 Å². The average molecular weight is 451 g/mol. The molecule has 0 aliphatic carbocycles.